The Labute approximate surface area is 123 Å². The van der Waals surface area contributed by atoms with E-state index in [1.807, 2.05) is 12.3 Å². The molecule has 0 aliphatic carbocycles. The summed E-state index contributed by atoms with van der Waals surface area (Å²) < 4.78 is 0. The molecule has 0 atom stereocenters. The van der Waals surface area contributed by atoms with Crippen molar-refractivity contribution in [3.05, 3.63) is 43.8 Å². The summed E-state index contributed by atoms with van der Waals surface area (Å²) in [6, 6.07) is 3.31. The molecule has 1 N–H and O–H groups in total. The summed E-state index contributed by atoms with van der Waals surface area (Å²) in [6.45, 7) is 1.91. The van der Waals surface area contributed by atoms with Crippen LogP contribution in [-0.2, 0) is 0 Å². The molecule has 7 heteroatoms. The fraction of sp³-hybridized carbons (Fsp3) is 0.0909. The standard InChI is InChI=1S/C11H8Cl3N3S/c1-6-5-18-11(16-6)17-15-4-7-8(12)2-3-9(13)10(7)14/h2-5H,1H3,(H,16,17)/b15-4-. The van der Waals surface area contributed by atoms with E-state index < -0.39 is 0 Å². The molecule has 3 nitrogen and oxygen atoms in total. The number of hydrogen-bond acceptors (Lipinski definition) is 4. The fourth-order valence-corrected chi connectivity index (χ4v) is 2.49. The van der Waals surface area contributed by atoms with Gasteiger partial charge in [0.15, 0.2) is 0 Å². The summed E-state index contributed by atoms with van der Waals surface area (Å²) in [4.78, 5) is 4.21. The molecule has 0 saturated carbocycles. The molecule has 0 unspecified atom stereocenters. The number of benzene rings is 1. The minimum absolute atomic E-state index is 0.380. The van der Waals surface area contributed by atoms with Crippen LogP contribution in [0.1, 0.15) is 11.3 Å². The number of aromatic nitrogens is 1. The van der Waals surface area contributed by atoms with Crippen LogP contribution in [0.4, 0.5) is 5.13 Å². The van der Waals surface area contributed by atoms with E-state index in [9.17, 15) is 0 Å². The Morgan fingerprint density at radius 1 is 1.28 bits per heavy atom. The highest BCUT2D eigenvalue weighted by Gasteiger charge is 2.07. The van der Waals surface area contributed by atoms with Crippen molar-refractivity contribution in [3.8, 4) is 0 Å². The Bertz CT molecular complexity index is 595. The lowest BCUT2D eigenvalue weighted by molar-refractivity contribution is 1.22. The molecule has 0 amide bonds. The lowest BCUT2D eigenvalue weighted by Crippen LogP contribution is -1.92. The molecule has 0 bridgehead atoms. The van der Waals surface area contributed by atoms with Gasteiger partial charge in [0.2, 0.25) is 5.13 Å². The average molecular weight is 321 g/mol. The fourth-order valence-electron chi connectivity index (χ4n) is 1.22. The molecule has 94 valence electrons. The van der Waals surface area contributed by atoms with Crippen LogP contribution in [0.15, 0.2) is 22.6 Å². The second kappa shape index (κ2) is 5.89. The van der Waals surface area contributed by atoms with Gasteiger partial charge in [0.25, 0.3) is 0 Å². The van der Waals surface area contributed by atoms with Gasteiger partial charge in [0.1, 0.15) is 0 Å². The zero-order chi connectivity index (χ0) is 13.1. The van der Waals surface area contributed by atoms with E-state index in [4.69, 9.17) is 34.8 Å². The van der Waals surface area contributed by atoms with E-state index in [0.29, 0.717) is 25.8 Å². The first-order valence-electron chi connectivity index (χ1n) is 4.92. The van der Waals surface area contributed by atoms with Crippen molar-refractivity contribution >= 4 is 57.5 Å². The molecule has 0 spiro atoms. The summed E-state index contributed by atoms with van der Waals surface area (Å²) in [5.74, 6) is 0. The number of halogens is 3. The van der Waals surface area contributed by atoms with E-state index in [2.05, 4.69) is 15.5 Å². The summed E-state index contributed by atoms with van der Waals surface area (Å²) in [6.07, 6.45) is 1.52. The Kier molecular flexibility index (Phi) is 4.45. The van der Waals surface area contributed by atoms with Crippen molar-refractivity contribution in [1.82, 2.24) is 4.98 Å². The lowest BCUT2D eigenvalue weighted by Gasteiger charge is -2.02. The minimum Gasteiger partial charge on any atom is -0.253 e. The van der Waals surface area contributed by atoms with Crippen molar-refractivity contribution in [1.29, 1.82) is 0 Å². The normalized spacial score (nSPS) is 11.1. The Balaban J connectivity index is 2.16. The molecule has 0 saturated heterocycles. The molecule has 0 aliphatic rings. The van der Waals surface area contributed by atoms with Crippen molar-refractivity contribution in [2.75, 3.05) is 5.43 Å². The monoisotopic (exact) mass is 319 g/mol. The van der Waals surface area contributed by atoms with E-state index >= 15 is 0 Å². The second-order valence-corrected chi connectivity index (χ2v) is 5.47. The predicted octanol–water partition coefficient (Wildman–Crippen LogP) is 4.86. The number of hydrogen-bond donors (Lipinski definition) is 1. The van der Waals surface area contributed by atoms with Gasteiger partial charge >= 0.3 is 0 Å². The number of thiazole rings is 1. The van der Waals surface area contributed by atoms with Crippen molar-refractivity contribution < 1.29 is 0 Å². The highest BCUT2D eigenvalue weighted by atomic mass is 35.5. The average Bonchev–Trinajstić information content (AvgIpc) is 2.74. The van der Waals surface area contributed by atoms with Gasteiger partial charge in [-0.2, -0.15) is 5.10 Å². The van der Waals surface area contributed by atoms with Gasteiger partial charge in [-0.1, -0.05) is 34.8 Å². The number of aryl methyl sites for hydroxylation is 1. The molecule has 0 radical (unpaired) electrons. The van der Waals surface area contributed by atoms with Crippen LogP contribution in [0.3, 0.4) is 0 Å². The number of nitrogens with zero attached hydrogens (tertiary/aromatic N) is 2. The maximum atomic E-state index is 6.04. The third kappa shape index (κ3) is 3.14. The summed E-state index contributed by atoms with van der Waals surface area (Å²) >= 11 is 19.4. The van der Waals surface area contributed by atoms with Crippen LogP contribution in [0.5, 0.6) is 0 Å². The molecular weight excluding hydrogens is 313 g/mol. The molecule has 2 aromatic rings. The Hall–Kier alpha value is -0.810. The molecule has 18 heavy (non-hydrogen) atoms. The quantitative estimate of drug-likeness (QED) is 0.498. The predicted molar refractivity (Wildman–Crippen MR) is 79.5 cm³/mol. The first-order valence-corrected chi connectivity index (χ1v) is 6.94. The first-order chi connectivity index (χ1) is 8.58. The van der Waals surface area contributed by atoms with Gasteiger partial charge in [-0.25, -0.2) is 4.98 Å². The van der Waals surface area contributed by atoms with E-state index in [1.165, 1.54) is 17.6 Å². The van der Waals surface area contributed by atoms with E-state index in [-0.39, 0.29) is 0 Å². The van der Waals surface area contributed by atoms with Crippen LogP contribution in [0, 0.1) is 6.92 Å². The van der Waals surface area contributed by atoms with Crippen molar-refractivity contribution in [2.24, 2.45) is 5.10 Å². The van der Waals surface area contributed by atoms with Crippen molar-refractivity contribution in [3.63, 3.8) is 0 Å². The van der Waals surface area contributed by atoms with E-state index in [0.717, 1.165) is 5.69 Å². The van der Waals surface area contributed by atoms with Gasteiger partial charge in [-0.15, -0.1) is 11.3 Å². The highest BCUT2D eigenvalue weighted by molar-refractivity contribution is 7.13. The number of anilines is 1. The number of hydrazone groups is 1. The van der Waals surface area contributed by atoms with Gasteiger partial charge < -0.3 is 0 Å². The molecule has 0 aliphatic heterocycles. The largest absolute Gasteiger partial charge is 0.253 e. The smallest absolute Gasteiger partial charge is 0.203 e. The maximum absolute atomic E-state index is 6.04. The van der Waals surface area contributed by atoms with Crippen LogP contribution in [0.2, 0.25) is 15.1 Å². The summed E-state index contributed by atoms with van der Waals surface area (Å²) in [5, 5.41) is 7.98. The topological polar surface area (TPSA) is 37.3 Å². The zero-order valence-corrected chi connectivity index (χ0v) is 12.3. The molecular formula is C11H8Cl3N3S. The molecule has 0 fully saturated rings. The minimum atomic E-state index is 0.380. The lowest BCUT2D eigenvalue weighted by atomic mass is 10.2. The Morgan fingerprint density at radius 2 is 2.00 bits per heavy atom. The third-order valence-electron chi connectivity index (χ3n) is 2.05. The third-order valence-corrected chi connectivity index (χ3v) is 4.07. The number of nitrogens with one attached hydrogen (secondary N) is 1. The van der Waals surface area contributed by atoms with Crippen LogP contribution in [-0.4, -0.2) is 11.2 Å². The van der Waals surface area contributed by atoms with Crippen LogP contribution < -0.4 is 5.43 Å². The SMILES string of the molecule is Cc1csc(N/N=C\c2c(Cl)ccc(Cl)c2Cl)n1. The second-order valence-electron chi connectivity index (χ2n) is 3.42. The van der Waals surface area contributed by atoms with Crippen molar-refractivity contribution in [2.45, 2.75) is 6.92 Å². The molecule has 1 aromatic carbocycles. The van der Waals surface area contributed by atoms with Gasteiger partial charge in [-0.05, 0) is 19.1 Å². The molecule has 1 heterocycles. The number of rotatable bonds is 3. The van der Waals surface area contributed by atoms with Crippen LogP contribution in [0.25, 0.3) is 0 Å². The summed E-state index contributed by atoms with van der Waals surface area (Å²) in [5.41, 5.74) is 4.32. The van der Waals surface area contributed by atoms with Gasteiger partial charge in [0, 0.05) is 10.9 Å². The maximum Gasteiger partial charge on any atom is 0.203 e. The first kappa shape index (κ1) is 13.6. The Morgan fingerprint density at radius 3 is 2.67 bits per heavy atom. The molecule has 2 rings (SSSR count). The zero-order valence-electron chi connectivity index (χ0n) is 9.25. The van der Waals surface area contributed by atoms with Crippen LogP contribution >= 0.6 is 46.1 Å². The summed E-state index contributed by atoms with van der Waals surface area (Å²) in [7, 11) is 0. The molecule has 1 aromatic heterocycles. The van der Waals surface area contributed by atoms with E-state index in [1.54, 1.807) is 12.1 Å². The van der Waals surface area contributed by atoms with Gasteiger partial charge in [-0.3, -0.25) is 5.43 Å². The van der Waals surface area contributed by atoms with Gasteiger partial charge in [0.05, 0.1) is 27.0 Å². The highest BCUT2D eigenvalue weighted by Crippen LogP contribution is 2.30.